The molecule has 0 aromatic heterocycles. The molecule has 18 heavy (non-hydrogen) atoms. The quantitative estimate of drug-likeness (QED) is 0.466. The molecule has 0 bridgehead atoms. The van der Waals surface area contributed by atoms with Crippen molar-refractivity contribution >= 4 is 11.8 Å². The summed E-state index contributed by atoms with van der Waals surface area (Å²) in [4.78, 5) is 25.4. The molecule has 1 heterocycles. The molecule has 1 fully saturated rings. The first kappa shape index (κ1) is 12.4. The molecular weight excluding hydrogens is 230 g/mol. The van der Waals surface area contributed by atoms with E-state index in [1.54, 1.807) is 31.2 Å². The van der Waals surface area contributed by atoms with Crippen molar-refractivity contribution in [2.45, 2.75) is 19.3 Å². The highest BCUT2D eigenvalue weighted by Crippen LogP contribution is 2.41. The average Bonchev–Trinajstić information content (AvgIpc) is 2.53. The Bertz CT molecular complexity index is 543. The van der Waals surface area contributed by atoms with Crippen molar-refractivity contribution in [2.24, 2.45) is 0 Å². The van der Waals surface area contributed by atoms with Crippen molar-refractivity contribution in [3.8, 4) is 0 Å². The molecule has 0 aliphatic carbocycles. The third kappa shape index (κ3) is 1.45. The van der Waals surface area contributed by atoms with E-state index in [1.807, 2.05) is 6.07 Å². The maximum atomic E-state index is 12.3. The molecule has 2 rings (SSSR count). The van der Waals surface area contributed by atoms with E-state index in [4.69, 9.17) is 0 Å². The number of benzene rings is 1. The van der Waals surface area contributed by atoms with E-state index in [0.29, 0.717) is 5.56 Å². The van der Waals surface area contributed by atoms with Gasteiger partial charge in [-0.15, -0.1) is 0 Å². The van der Waals surface area contributed by atoms with Gasteiger partial charge in [-0.25, -0.2) is 0 Å². The minimum absolute atomic E-state index is 0.107. The molecular formula is C14H15NO3. The Morgan fingerprint density at radius 3 is 2.28 bits per heavy atom. The van der Waals surface area contributed by atoms with Crippen molar-refractivity contribution < 1.29 is 14.7 Å². The molecule has 1 unspecified atom stereocenters. The van der Waals surface area contributed by atoms with Crippen molar-refractivity contribution in [1.82, 2.24) is 4.90 Å². The van der Waals surface area contributed by atoms with Crippen molar-refractivity contribution in [2.75, 3.05) is 7.05 Å². The fourth-order valence-electron chi connectivity index (χ4n) is 2.47. The summed E-state index contributed by atoms with van der Waals surface area (Å²) in [5.74, 6) is -0.863. The Morgan fingerprint density at radius 2 is 1.78 bits per heavy atom. The molecule has 1 aromatic carbocycles. The summed E-state index contributed by atoms with van der Waals surface area (Å²) >= 11 is 0. The number of carbonyl (C=O) groups is 2. The number of imide groups is 1. The fraction of sp³-hybridized carbons (Fsp3) is 0.286. The Morgan fingerprint density at radius 1 is 1.22 bits per heavy atom. The topological polar surface area (TPSA) is 57.6 Å². The zero-order valence-electron chi connectivity index (χ0n) is 10.6. The molecule has 1 saturated heterocycles. The molecule has 4 heteroatoms. The van der Waals surface area contributed by atoms with Gasteiger partial charge in [-0.05, 0) is 19.4 Å². The van der Waals surface area contributed by atoms with Crippen molar-refractivity contribution in [3.05, 3.63) is 47.2 Å². The van der Waals surface area contributed by atoms with Crippen LogP contribution in [-0.4, -0.2) is 28.9 Å². The number of allylic oxidation sites excluding steroid dienone is 1. The molecule has 0 radical (unpaired) electrons. The van der Waals surface area contributed by atoms with Gasteiger partial charge in [-0.2, -0.15) is 0 Å². The first-order valence-corrected chi connectivity index (χ1v) is 5.69. The fourth-order valence-corrected chi connectivity index (χ4v) is 2.47. The highest BCUT2D eigenvalue weighted by atomic mass is 16.3. The monoisotopic (exact) mass is 245 g/mol. The zero-order chi connectivity index (χ0) is 13.5. The molecule has 94 valence electrons. The summed E-state index contributed by atoms with van der Waals surface area (Å²) in [6.07, 6.45) is 0. The van der Waals surface area contributed by atoms with Gasteiger partial charge in [0.1, 0.15) is 5.41 Å². The van der Waals surface area contributed by atoms with Gasteiger partial charge in [0.15, 0.2) is 0 Å². The van der Waals surface area contributed by atoms with Gasteiger partial charge in [0.05, 0.1) is 11.3 Å². The van der Waals surface area contributed by atoms with Gasteiger partial charge in [0.25, 0.3) is 5.91 Å². The van der Waals surface area contributed by atoms with Crippen LogP contribution in [-0.2, 0) is 15.0 Å². The summed E-state index contributed by atoms with van der Waals surface area (Å²) in [6.45, 7) is 3.10. The predicted octanol–water partition coefficient (Wildman–Crippen LogP) is 1.77. The summed E-state index contributed by atoms with van der Waals surface area (Å²) in [7, 11) is 1.43. The first-order chi connectivity index (χ1) is 8.40. The maximum absolute atomic E-state index is 12.3. The van der Waals surface area contributed by atoms with Crippen LogP contribution in [0, 0.1) is 0 Å². The average molecular weight is 245 g/mol. The molecule has 1 aromatic rings. The van der Waals surface area contributed by atoms with Crippen LogP contribution in [0.1, 0.15) is 19.4 Å². The minimum atomic E-state index is -1.11. The van der Waals surface area contributed by atoms with Crippen LogP contribution in [0.3, 0.4) is 0 Å². The highest BCUT2D eigenvalue weighted by Gasteiger charge is 2.53. The predicted molar refractivity (Wildman–Crippen MR) is 66.9 cm³/mol. The highest BCUT2D eigenvalue weighted by molar-refractivity contribution is 6.19. The van der Waals surface area contributed by atoms with Crippen LogP contribution in [0.2, 0.25) is 0 Å². The van der Waals surface area contributed by atoms with Crippen LogP contribution in [0.5, 0.6) is 0 Å². The van der Waals surface area contributed by atoms with E-state index in [1.165, 1.54) is 14.0 Å². The third-order valence-corrected chi connectivity index (χ3v) is 3.46. The Balaban J connectivity index is 2.71. The molecule has 0 spiro atoms. The lowest BCUT2D eigenvalue weighted by Crippen LogP contribution is -2.34. The minimum Gasteiger partial charge on any atom is -0.512 e. The number of carbonyl (C=O) groups excluding carboxylic acids is 2. The summed E-state index contributed by atoms with van der Waals surface area (Å²) in [5, 5.41) is 9.73. The SMILES string of the molecule is C/C(O)=C1\C(=O)N(C)C(=O)C1(C)c1ccccc1. The lowest BCUT2D eigenvalue weighted by atomic mass is 9.77. The number of amides is 2. The second-order valence-corrected chi connectivity index (χ2v) is 4.62. The van der Waals surface area contributed by atoms with E-state index in [9.17, 15) is 14.7 Å². The molecule has 0 saturated carbocycles. The third-order valence-electron chi connectivity index (χ3n) is 3.46. The Hall–Kier alpha value is -2.10. The summed E-state index contributed by atoms with van der Waals surface area (Å²) in [5.41, 5.74) is -0.247. The summed E-state index contributed by atoms with van der Waals surface area (Å²) < 4.78 is 0. The van der Waals surface area contributed by atoms with Crippen molar-refractivity contribution in [1.29, 1.82) is 0 Å². The number of hydrogen-bond acceptors (Lipinski definition) is 3. The van der Waals surface area contributed by atoms with E-state index in [2.05, 4.69) is 0 Å². The number of aliphatic hydroxyl groups is 1. The Kier molecular flexibility index (Phi) is 2.73. The molecule has 4 nitrogen and oxygen atoms in total. The second kappa shape index (κ2) is 3.98. The number of aliphatic hydroxyl groups excluding tert-OH is 1. The first-order valence-electron chi connectivity index (χ1n) is 5.69. The molecule has 1 N–H and O–H groups in total. The largest absolute Gasteiger partial charge is 0.512 e. The van der Waals surface area contributed by atoms with E-state index < -0.39 is 11.3 Å². The number of likely N-dealkylation sites (N-methyl/N-ethyl adjacent to an activating group) is 1. The van der Waals surface area contributed by atoms with E-state index >= 15 is 0 Å². The smallest absolute Gasteiger partial charge is 0.260 e. The van der Waals surface area contributed by atoms with Crippen LogP contribution < -0.4 is 0 Å². The lowest BCUT2D eigenvalue weighted by Gasteiger charge is -2.23. The maximum Gasteiger partial charge on any atom is 0.260 e. The van der Waals surface area contributed by atoms with Crippen LogP contribution in [0.15, 0.2) is 41.7 Å². The van der Waals surface area contributed by atoms with E-state index in [0.717, 1.165) is 4.90 Å². The van der Waals surface area contributed by atoms with Gasteiger partial charge in [-0.3, -0.25) is 14.5 Å². The number of nitrogens with zero attached hydrogens (tertiary/aromatic N) is 1. The molecule has 1 aliphatic rings. The number of rotatable bonds is 1. The van der Waals surface area contributed by atoms with Gasteiger partial charge >= 0.3 is 0 Å². The van der Waals surface area contributed by atoms with Crippen LogP contribution >= 0.6 is 0 Å². The van der Waals surface area contributed by atoms with Crippen molar-refractivity contribution in [3.63, 3.8) is 0 Å². The normalized spacial score (nSPS) is 26.7. The molecule has 2 amide bonds. The van der Waals surface area contributed by atoms with Gasteiger partial charge in [0, 0.05) is 7.05 Å². The van der Waals surface area contributed by atoms with E-state index in [-0.39, 0.29) is 17.2 Å². The summed E-state index contributed by atoms with van der Waals surface area (Å²) in [6, 6.07) is 9.02. The van der Waals surface area contributed by atoms with Crippen LogP contribution in [0.4, 0.5) is 0 Å². The molecule has 1 atom stereocenters. The van der Waals surface area contributed by atoms with Crippen LogP contribution in [0.25, 0.3) is 0 Å². The standard InChI is InChI=1S/C14H15NO3/c1-9(16)11-12(17)15(3)13(18)14(11,2)10-7-5-4-6-8-10/h4-8,16H,1-3H3/b11-9-. The van der Waals surface area contributed by atoms with Gasteiger partial charge < -0.3 is 5.11 Å². The van der Waals surface area contributed by atoms with Gasteiger partial charge in [-0.1, -0.05) is 30.3 Å². The number of hydrogen-bond donors (Lipinski definition) is 1. The van der Waals surface area contributed by atoms with Gasteiger partial charge in [0.2, 0.25) is 5.91 Å². The molecule has 1 aliphatic heterocycles. The zero-order valence-corrected chi connectivity index (χ0v) is 10.6. The number of likely N-dealkylation sites (tertiary alicyclic amines) is 1. The lowest BCUT2D eigenvalue weighted by molar-refractivity contribution is -0.137. The second-order valence-electron chi connectivity index (χ2n) is 4.62. The Labute approximate surface area is 106 Å².